The molecule has 2 aromatic carbocycles. The van der Waals surface area contributed by atoms with Gasteiger partial charge in [0, 0.05) is 10.9 Å². The number of ether oxygens (including phenoxy) is 1. The number of aromatic nitrogens is 1. The first-order valence-electron chi connectivity index (χ1n) is 8.29. The Labute approximate surface area is 160 Å². The zero-order valence-corrected chi connectivity index (χ0v) is 15.4. The van der Waals surface area contributed by atoms with Crippen molar-refractivity contribution in [1.29, 1.82) is 0 Å². The van der Waals surface area contributed by atoms with Gasteiger partial charge in [-0.1, -0.05) is 42.5 Å². The Kier molecular flexibility index (Phi) is 5.95. The normalized spacial score (nSPS) is 11.6. The molecule has 1 heterocycles. The summed E-state index contributed by atoms with van der Waals surface area (Å²) in [6, 6.07) is 16.0. The van der Waals surface area contributed by atoms with Crippen LogP contribution in [0.1, 0.15) is 22.8 Å². The summed E-state index contributed by atoms with van der Waals surface area (Å²) in [5, 5.41) is 14.0. The van der Waals surface area contributed by atoms with Crippen LogP contribution in [0.15, 0.2) is 60.0 Å². The third-order valence-electron chi connectivity index (χ3n) is 3.83. The number of rotatable bonds is 6. The summed E-state index contributed by atoms with van der Waals surface area (Å²) in [5.41, 5.74) is 2.73. The van der Waals surface area contributed by atoms with Crippen molar-refractivity contribution in [2.24, 2.45) is 0 Å². The summed E-state index contributed by atoms with van der Waals surface area (Å²) in [7, 11) is 0. The topological polar surface area (TPSA) is 88.5 Å². The van der Waals surface area contributed by atoms with E-state index < -0.39 is 18.0 Å². The van der Waals surface area contributed by atoms with Crippen LogP contribution in [0.25, 0.3) is 11.3 Å². The largest absolute Gasteiger partial charge is 0.449 e. The molecule has 2 N–H and O–H groups in total. The van der Waals surface area contributed by atoms with Crippen LogP contribution in [0.2, 0.25) is 0 Å². The maximum absolute atomic E-state index is 12.3. The molecule has 0 saturated heterocycles. The first kappa shape index (κ1) is 18.8. The van der Waals surface area contributed by atoms with Crippen molar-refractivity contribution < 1.29 is 19.4 Å². The van der Waals surface area contributed by atoms with Crippen LogP contribution in [0.4, 0.5) is 5.13 Å². The van der Waals surface area contributed by atoms with Gasteiger partial charge in [-0.05, 0) is 24.6 Å². The molecule has 0 saturated carbocycles. The number of nitrogens with zero attached hydrogens (tertiary/aromatic N) is 1. The molecule has 3 rings (SSSR count). The first-order chi connectivity index (χ1) is 13.1. The number of esters is 1. The van der Waals surface area contributed by atoms with E-state index in [1.165, 1.54) is 18.3 Å². The van der Waals surface area contributed by atoms with E-state index in [0.717, 1.165) is 11.3 Å². The number of amides is 1. The van der Waals surface area contributed by atoms with E-state index in [1.807, 2.05) is 35.7 Å². The molecular weight excluding hydrogens is 364 g/mol. The highest BCUT2D eigenvalue weighted by atomic mass is 32.1. The van der Waals surface area contributed by atoms with Crippen LogP contribution < -0.4 is 5.32 Å². The van der Waals surface area contributed by atoms with Crippen LogP contribution in [0.3, 0.4) is 0 Å². The molecule has 27 heavy (non-hydrogen) atoms. The standard InChI is InChI=1S/C20H18N2O4S/c1-13(26-19(25)16-9-7-14(11-23)8-10-16)18(24)22-20-21-17(12-27-20)15-5-3-2-4-6-15/h2-10,12-13,23H,11H2,1H3,(H,21,22,24). The monoisotopic (exact) mass is 382 g/mol. The van der Waals surface area contributed by atoms with Gasteiger partial charge in [0.15, 0.2) is 11.2 Å². The lowest BCUT2D eigenvalue weighted by Gasteiger charge is -2.12. The molecule has 7 heteroatoms. The van der Waals surface area contributed by atoms with Gasteiger partial charge in [0.1, 0.15) is 0 Å². The van der Waals surface area contributed by atoms with Crippen molar-refractivity contribution >= 4 is 28.3 Å². The molecule has 1 amide bonds. The molecule has 1 aromatic heterocycles. The number of hydrogen-bond donors (Lipinski definition) is 2. The second kappa shape index (κ2) is 8.57. The first-order valence-corrected chi connectivity index (χ1v) is 9.17. The summed E-state index contributed by atoms with van der Waals surface area (Å²) in [4.78, 5) is 28.8. The Morgan fingerprint density at radius 3 is 2.52 bits per heavy atom. The highest BCUT2D eigenvalue weighted by Crippen LogP contribution is 2.24. The van der Waals surface area contributed by atoms with Crippen molar-refractivity contribution in [3.05, 3.63) is 71.1 Å². The predicted molar refractivity (Wildman–Crippen MR) is 103 cm³/mol. The fourth-order valence-electron chi connectivity index (χ4n) is 2.31. The van der Waals surface area contributed by atoms with Gasteiger partial charge in [0.05, 0.1) is 17.9 Å². The highest BCUT2D eigenvalue weighted by molar-refractivity contribution is 7.14. The predicted octanol–water partition coefficient (Wildman–Crippen LogP) is 3.49. The fourth-order valence-corrected chi connectivity index (χ4v) is 3.03. The minimum absolute atomic E-state index is 0.104. The third-order valence-corrected chi connectivity index (χ3v) is 4.59. The summed E-state index contributed by atoms with van der Waals surface area (Å²) in [6.45, 7) is 1.40. The summed E-state index contributed by atoms with van der Waals surface area (Å²) in [5.74, 6) is -1.06. The molecule has 1 unspecified atom stereocenters. The zero-order chi connectivity index (χ0) is 19.2. The quantitative estimate of drug-likeness (QED) is 0.637. The summed E-state index contributed by atoms with van der Waals surface area (Å²) >= 11 is 1.30. The van der Waals surface area contributed by atoms with Gasteiger partial charge in [0.25, 0.3) is 5.91 Å². The van der Waals surface area contributed by atoms with E-state index in [2.05, 4.69) is 10.3 Å². The van der Waals surface area contributed by atoms with Gasteiger partial charge < -0.3 is 9.84 Å². The van der Waals surface area contributed by atoms with Crippen molar-refractivity contribution in [1.82, 2.24) is 4.98 Å². The number of carbonyl (C=O) groups is 2. The lowest BCUT2D eigenvalue weighted by molar-refractivity contribution is -0.123. The SMILES string of the molecule is CC(OC(=O)c1ccc(CO)cc1)C(=O)Nc1nc(-c2ccccc2)cs1. The summed E-state index contributed by atoms with van der Waals surface area (Å²) < 4.78 is 5.20. The second-order valence-corrected chi connectivity index (χ2v) is 6.65. The molecule has 0 bridgehead atoms. The van der Waals surface area contributed by atoms with E-state index in [9.17, 15) is 9.59 Å². The van der Waals surface area contributed by atoms with E-state index >= 15 is 0 Å². The number of thiazole rings is 1. The van der Waals surface area contributed by atoms with E-state index in [4.69, 9.17) is 9.84 Å². The molecule has 0 spiro atoms. The smallest absolute Gasteiger partial charge is 0.338 e. The van der Waals surface area contributed by atoms with Crippen molar-refractivity contribution in [3.63, 3.8) is 0 Å². The molecule has 0 aliphatic heterocycles. The van der Waals surface area contributed by atoms with Gasteiger partial charge in [0.2, 0.25) is 0 Å². The zero-order valence-electron chi connectivity index (χ0n) is 14.6. The molecular formula is C20H18N2O4S. The van der Waals surface area contributed by atoms with Crippen molar-refractivity contribution in [2.45, 2.75) is 19.6 Å². The van der Waals surface area contributed by atoms with E-state index in [1.54, 1.807) is 24.3 Å². The number of aliphatic hydroxyl groups excluding tert-OH is 1. The number of hydrogen-bond acceptors (Lipinski definition) is 6. The van der Waals surface area contributed by atoms with Crippen molar-refractivity contribution in [2.75, 3.05) is 5.32 Å². The van der Waals surface area contributed by atoms with Crippen LogP contribution in [0, 0.1) is 0 Å². The Balaban J connectivity index is 1.59. The third kappa shape index (κ3) is 4.78. The minimum Gasteiger partial charge on any atom is -0.449 e. The molecule has 138 valence electrons. The molecule has 0 fully saturated rings. The molecule has 0 radical (unpaired) electrons. The molecule has 0 aliphatic carbocycles. The number of benzene rings is 2. The number of carbonyl (C=O) groups excluding carboxylic acids is 2. The Morgan fingerprint density at radius 1 is 1.15 bits per heavy atom. The van der Waals surface area contributed by atoms with Crippen LogP contribution in [0.5, 0.6) is 0 Å². The lowest BCUT2D eigenvalue weighted by Crippen LogP contribution is -2.30. The average Bonchev–Trinajstić information content (AvgIpc) is 3.17. The van der Waals surface area contributed by atoms with Gasteiger partial charge in [-0.2, -0.15) is 0 Å². The molecule has 3 aromatic rings. The van der Waals surface area contributed by atoms with Crippen molar-refractivity contribution in [3.8, 4) is 11.3 Å². The van der Waals surface area contributed by atoms with Gasteiger partial charge in [-0.25, -0.2) is 9.78 Å². The Hall–Kier alpha value is -3.03. The van der Waals surface area contributed by atoms with Crippen LogP contribution in [-0.2, 0) is 16.1 Å². The van der Waals surface area contributed by atoms with E-state index in [0.29, 0.717) is 16.3 Å². The maximum Gasteiger partial charge on any atom is 0.338 e. The van der Waals surface area contributed by atoms with E-state index in [-0.39, 0.29) is 6.61 Å². The number of aliphatic hydroxyl groups is 1. The molecule has 0 aliphatic rings. The molecule has 6 nitrogen and oxygen atoms in total. The van der Waals surface area contributed by atoms with Gasteiger partial charge in [-0.3, -0.25) is 10.1 Å². The number of anilines is 1. The minimum atomic E-state index is -0.973. The Morgan fingerprint density at radius 2 is 1.85 bits per heavy atom. The average molecular weight is 382 g/mol. The Bertz CT molecular complexity index is 923. The second-order valence-electron chi connectivity index (χ2n) is 5.80. The lowest BCUT2D eigenvalue weighted by atomic mass is 10.1. The molecule has 1 atom stereocenters. The van der Waals surface area contributed by atoms with Crippen LogP contribution >= 0.6 is 11.3 Å². The fraction of sp³-hybridized carbons (Fsp3) is 0.150. The maximum atomic E-state index is 12.3. The van der Waals surface area contributed by atoms with Crippen LogP contribution in [-0.4, -0.2) is 28.1 Å². The summed E-state index contributed by atoms with van der Waals surface area (Å²) in [6.07, 6.45) is -0.973. The van der Waals surface area contributed by atoms with Gasteiger partial charge in [-0.15, -0.1) is 11.3 Å². The van der Waals surface area contributed by atoms with Gasteiger partial charge >= 0.3 is 5.97 Å². The highest BCUT2D eigenvalue weighted by Gasteiger charge is 2.20. The number of nitrogens with one attached hydrogen (secondary N) is 1.